The first-order chi connectivity index (χ1) is 7.96. The zero-order chi connectivity index (χ0) is 12.5. The third-order valence-electron chi connectivity index (χ3n) is 2.11. The zero-order valence-electron chi connectivity index (χ0n) is 9.04. The second-order valence-corrected chi connectivity index (χ2v) is 5.34. The first-order valence-corrected chi connectivity index (χ1v) is 6.73. The molecular weight excluding hydrogens is 240 g/mol. The van der Waals surface area contributed by atoms with E-state index in [-0.39, 0.29) is 5.69 Å². The topological polar surface area (TPSA) is 76.1 Å². The number of fused-ring (bicyclic) bond motifs is 1. The molecular formula is C11H10N2O3S. The highest BCUT2D eigenvalue weighted by atomic mass is 32.2. The zero-order valence-corrected chi connectivity index (χ0v) is 9.86. The highest BCUT2D eigenvalue weighted by molar-refractivity contribution is 7.89. The molecule has 0 radical (unpaired) electrons. The van der Waals surface area contributed by atoms with Crippen molar-refractivity contribution in [2.75, 3.05) is 6.26 Å². The number of benzene rings is 1. The number of hydrogen-bond acceptors (Lipinski definition) is 4. The Morgan fingerprint density at radius 3 is 2.59 bits per heavy atom. The van der Waals surface area contributed by atoms with Crippen LogP contribution in [0, 0.1) is 0 Å². The van der Waals surface area contributed by atoms with E-state index in [2.05, 4.69) is 4.98 Å². The van der Waals surface area contributed by atoms with Crippen LogP contribution in [0.1, 0.15) is 10.5 Å². The minimum Gasteiger partial charge on any atom is -0.266 e. The van der Waals surface area contributed by atoms with Crippen LogP contribution in [0.4, 0.5) is 0 Å². The number of pyridine rings is 1. The molecule has 2 aromatic rings. The highest BCUT2D eigenvalue weighted by Gasteiger charge is 2.12. The normalized spacial score (nSPS) is 11.4. The van der Waals surface area contributed by atoms with Crippen molar-refractivity contribution >= 4 is 26.8 Å². The molecule has 5 nitrogen and oxygen atoms in total. The summed E-state index contributed by atoms with van der Waals surface area (Å²) in [6, 6.07) is 10.5. The van der Waals surface area contributed by atoms with Gasteiger partial charge in [0.25, 0.3) is 5.91 Å². The van der Waals surface area contributed by atoms with E-state index in [1.807, 2.05) is 16.9 Å². The van der Waals surface area contributed by atoms with Crippen LogP contribution in [-0.4, -0.2) is 25.6 Å². The number of aromatic nitrogens is 1. The number of sulfonamides is 1. The quantitative estimate of drug-likeness (QED) is 0.860. The van der Waals surface area contributed by atoms with Crippen molar-refractivity contribution in [3.8, 4) is 0 Å². The first kappa shape index (κ1) is 11.5. The maximum atomic E-state index is 11.6. The Bertz CT molecular complexity index is 680. The molecule has 1 N–H and O–H groups in total. The first-order valence-electron chi connectivity index (χ1n) is 4.84. The molecule has 2 rings (SSSR count). The molecule has 0 spiro atoms. The van der Waals surface area contributed by atoms with Gasteiger partial charge in [-0.05, 0) is 12.1 Å². The summed E-state index contributed by atoms with van der Waals surface area (Å²) in [4.78, 5) is 15.6. The van der Waals surface area contributed by atoms with E-state index in [9.17, 15) is 13.2 Å². The number of nitrogens with one attached hydrogen (secondary N) is 1. The van der Waals surface area contributed by atoms with E-state index in [0.29, 0.717) is 5.52 Å². The molecule has 17 heavy (non-hydrogen) atoms. The largest absolute Gasteiger partial charge is 0.283 e. The standard InChI is InChI=1S/C11H10N2O3S/c1-17(15,16)13-11(14)10-7-6-8-4-2-3-5-9(8)12-10/h2-7H,1H3,(H,13,14). The van der Waals surface area contributed by atoms with Gasteiger partial charge in [-0.1, -0.05) is 24.3 Å². The molecule has 0 aliphatic carbocycles. The van der Waals surface area contributed by atoms with Crippen molar-refractivity contribution in [2.24, 2.45) is 0 Å². The number of nitrogens with zero attached hydrogens (tertiary/aromatic N) is 1. The third-order valence-corrected chi connectivity index (χ3v) is 2.67. The lowest BCUT2D eigenvalue weighted by Crippen LogP contribution is -2.29. The predicted molar refractivity (Wildman–Crippen MR) is 64.1 cm³/mol. The van der Waals surface area contributed by atoms with Crippen LogP contribution in [0.15, 0.2) is 36.4 Å². The number of rotatable bonds is 2. The minimum absolute atomic E-state index is 0.0779. The van der Waals surface area contributed by atoms with Crippen LogP contribution < -0.4 is 4.72 Å². The van der Waals surface area contributed by atoms with Gasteiger partial charge in [0.15, 0.2) is 0 Å². The Hall–Kier alpha value is -1.95. The van der Waals surface area contributed by atoms with Crippen LogP contribution in [0.5, 0.6) is 0 Å². The number of para-hydroxylation sites is 1. The number of carbonyl (C=O) groups is 1. The number of carbonyl (C=O) groups excluding carboxylic acids is 1. The van der Waals surface area contributed by atoms with E-state index in [4.69, 9.17) is 0 Å². The predicted octanol–water partition coefficient (Wildman–Crippen LogP) is 0.924. The van der Waals surface area contributed by atoms with Crippen LogP contribution in [0.3, 0.4) is 0 Å². The van der Waals surface area contributed by atoms with E-state index < -0.39 is 15.9 Å². The molecule has 0 bridgehead atoms. The molecule has 1 aromatic carbocycles. The van der Waals surface area contributed by atoms with Crippen LogP contribution in [-0.2, 0) is 10.0 Å². The molecule has 0 aliphatic rings. The van der Waals surface area contributed by atoms with Gasteiger partial charge in [0.05, 0.1) is 11.8 Å². The third kappa shape index (κ3) is 2.79. The Morgan fingerprint density at radius 2 is 1.88 bits per heavy atom. The van der Waals surface area contributed by atoms with Crippen molar-refractivity contribution in [3.05, 3.63) is 42.1 Å². The highest BCUT2D eigenvalue weighted by Crippen LogP contribution is 2.11. The van der Waals surface area contributed by atoms with E-state index in [1.54, 1.807) is 18.2 Å². The molecule has 1 heterocycles. The average molecular weight is 250 g/mol. The number of amides is 1. The van der Waals surface area contributed by atoms with Crippen molar-refractivity contribution in [3.63, 3.8) is 0 Å². The van der Waals surface area contributed by atoms with E-state index in [0.717, 1.165) is 11.6 Å². The lowest BCUT2D eigenvalue weighted by atomic mass is 10.2. The number of hydrogen-bond donors (Lipinski definition) is 1. The average Bonchev–Trinajstić information content (AvgIpc) is 2.26. The Labute approximate surface area is 98.5 Å². The second kappa shape index (κ2) is 4.14. The van der Waals surface area contributed by atoms with Crippen LogP contribution >= 0.6 is 0 Å². The molecule has 0 saturated heterocycles. The van der Waals surface area contributed by atoms with Gasteiger partial charge in [0, 0.05) is 5.39 Å². The fourth-order valence-electron chi connectivity index (χ4n) is 1.41. The van der Waals surface area contributed by atoms with E-state index in [1.165, 1.54) is 6.07 Å². The fourth-order valence-corrected chi connectivity index (χ4v) is 1.85. The van der Waals surface area contributed by atoms with Crippen molar-refractivity contribution < 1.29 is 13.2 Å². The van der Waals surface area contributed by atoms with Gasteiger partial charge in [-0.3, -0.25) is 4.79 Å². The summed E-state index contributed by atoms with van der Waals surface area (Å²) in [5, 5.41) is 0.892. The summed E-state index contributed by atoms with van der Waals surface area (Å²) in [7, 11) is -3.56. The summed E-state index contributed by atoms with van der Waals surface area (Å²) >= 11 is 0. The summed E-state index contributed by atoms with van der Waals surface area (Å²) in [5.74, 6) is -0.724. The second-order valence-electron chi connectivity index (χ2n) is 3.59. The molecule has 1 aromatic heterocycles. The van der Waals surface area contributed by atoms with Gasteiger partial charge >= 0.3 is 0 Å². The van der Waals surface area contributed by atoms with Gasteiger partial charge in [-0.15, -0.1) is 0 Å². The van der Waals surface area contributed by atoms with Crippen molar-refractivity contribution in [2.45, 2.75) is 0 Å². The summed E-state index contributed by atoms with van der Waals surface area (Å²) < 4.78 is 23.7. The SMILES string of the molecule is CS(=O)(=O)NC(=O)c1ccc2ccccc2n1. The Morgan fingerprint density at radius 1 is 1.18 bits per heavy atom. The summed E-state index contributed by atoms with van der Waals surface area (Å²) in [5.41, 5.74) is 0.725. The minimum atomic E-state index is -3.56. The van der Waals surface area contributed by atoms with Gasteiger partial charge in [0.1, 0.15) is 5.69 Å². The van der Waals surface area contributed by atoms with Crippen LogP contribution in [0.2, 0.25) is 0 Å². The van der Waals surface area contributed by atoms with Crippen molar-refractivity contribution in [1.82, 2.24) is 9.71 Å². The monoisotopic (exact) mass is 250 g/mol. The molecule has 88 valence electrons. The summed E-state index contributed by atoms with van der Waals surface area (Å²) in [6.45, 7) is 0. The van der Waals surface area contributed by atoms with Gasteiger partial charge in [0.2, 0.25) is 10.0 Å². The van der Waals surface area contributed by atoms with Gasteiger partial charge in [-0.25, -0.2) is 18.1 Å². The van der Waals surface area contributed by atoms with Crippen molar-refractivity contribution in [1.29, 1.82) is 0 Å². The lowest BCUT2D eigenvalue weighted by molar-refractivity contribution is 0.0977. The Balaban J connectivity index is 2.40. The fraction of sp³-hybridized carbons (Fsp3) is 0.0909. The molecule has 0 saturated carbocycles. The lowest BCUT2D eigenvalue weighted by Gasteiger charge is -2.03. The summed E-state index contributed by atoms with van der Waals surface area (Å²) in [6.07, 6.45) is 0.923. The molecule has 1 amide bonds. The smallest absolute Gasteiger partial charge is 0.266 e. The van der Waals surface area contributed by atoms with Crippen LogP contribution in [0.25, 0.3) is 10.9 Å². The van der Waals surface area contributed by atoms with Gasteiger partial charge < -0.3 is 0 Å². The molecule has 6 heteroatoms. The molecule has 0 atom stereocenters. The maximum Gasteiger partial charge on any atom is 0.283 e. The molecule has 0 aliphatic heterocycles. The molecule has 0 fully saturated rings. The Kier molecular flexibility index (Phi) is 2.81. The van der Waals surface area contributed by atoms with Gasteiger partial charge in [-0.2, -0.15) is 0 Å². The molecule has 0 unspecified atom stereocenters. The van der Waals surface area contributed by atoms with E-state index >= 15 is 0 Å². The maximum absolute atomic E-state index is 11.6.